The van der Waals surface area contributed by atoms with Gasteiger partial charge in [-0.15, -0.1) is 0 Å². The molecular formula is C20H28N2O3. The van der Waals surface area contributed by atoms with E-state index in [4.69, 9.17) is 4.74 Å². The molecule has 2 N–H and O–H groups in total. The van der Waals surface area contributed by atoms with Gasteiger partial charge in [0.2, 0.25) is 0 Å². The fourth-order valence-corrected chi connectivity index (χ4v) is 3.94. The Kier molecular flexibility index (Phi) is 5.27. The van der Waals surface area contributed by atoms with Crippen molar-refractivity contribution in [3.8, 4) is 0 Å². The van der Waals surface area contributed by atoms with Crippen molar-refractivity contribution in [3.05, 3.63) is 45.2 Å². The van der Waals surface area contributed by atoms with Crippen molar-refractivity contribution >= 4 is 10.9 Å². The number of benzene rings is 1. The number of hydrogen-bond donors (Lipinski definition) is 2. The van der Waals surface area contributed by atoms with E-state index in [1.807, 2.05) is 27.0 Å². The van der Waals surface area contributed by atoms with Crippen LogP contribution in [0.1, 0.15) is 29.7 Å². The number of rotatable bonds is 5. The van der Waals surface area contributed by atoms with Crippen molar-refractivity contribution < 1.29 is 9.84 Å². The van der Waals surface area contributed by atoms with E-state index in [9.17, 15) is 9.90 Å². The minimum atomic E-state index is -0.100. The lowest BCUT2D eigenvalue weighted by Gasteiger charge is -2.38. The lowest BCUT2D eigenvalue weighted by molar-refractivity contribution is -0.0319. The van der Waals surface area contributed by atoms with Crippen molar-refractivity contribution in [1.29, 1.82) is 0 Å². The van der Waals surface area contributed by atoms with Gasteiger partial charge in [0.25, 0.3) is 0 Å². The molecule has 0 radical (unpaired) electrons. The van der Waals surface area contributed by atoms with Crippen LogP contribution in [0.2, 0.25) is 0 Å². The van der Waals surface area contributed by atoms with E-state index in [-0.39, 0.29) is 17.5 Å². The number of H-pyrrole nitrogens is 1. The van der Waals surface area contributed by atoms with Crippen LogP contribution in [0.4, 0.5) is 0 Å². The van der Waals surface area contributed by atoms with Crippen LogP contribution in [0.15, 0.2) is 23.0 Å². The molecule has 0 bridgehead atoms. The lowest BCUT2D eigenvalue weighted by Crippen LogP contribution is -2.42. The van der Waals surface area contributed by atoms with Gasteiger partial charge in [0.1, 0.15) is 0 Å². The van der Waals surface area contributed by atoms with Gasteiger partial charge in [-0.05, 0) is 50.9 Å². The molecule has 1 aliphatic rings. The standard InChI is InChI=1S/C20H28N2O3/c1-14-8-15(2)19-17(9-14)18(24)10-16(21-19)11-22(3)12-20(13-23)4-6-25-7-5-20/h8-10,23H,4-7,11-13H2,1-3H3,(H,21,24). The molecule has 0 atom stereocenters. The summed E-state index contributed by atoms with van der Waals surface area (Å²) in [5, 5.41) is 10.6. The van der Waals surface area contributed by atoms with Crippen molar-refractivity contribution in [2.75, 3.05) is 33.4 Å². The van der Waals surface area contributed by atoms with Crippen LogP contribution >= 0.6 is 0 Å². The van der Waals surface area contributed by atoms with Crippen LogP contribution in [0.25, 0.3) is 10.9 Å². The summed E-state index contributed by atoms with van der Waals surface area (Å²) in [5.41, 5.74) is 3.98. The first-order valence-corrected chi connectivity index (χ1v) is 8.93. The summed E-state index contributed by atoms with van der Waals surface area (Å²) in [5.74, 6) is 0. The molecule has 0 amide bonds. The Labute approximate surface area is 148 Å². The Balaban J connectivity index is 1.81. The van der Waals surface area contributed by atoms with Gasteiger partial charge in [-0.1, -0.05) is 6.07 Å². The van der Waals surface area contributed by atoms with E-state index in [0.29, 0.717) is 19.8 Å². The molecule has 0 saturated carbocycles. The van der Waals surface area contributed by atoms with Crippen molar-refractivity contribution in [1.82, 2.24) is 9.88 Å². The summed E-state index contributed by atoms with van der Waals surface area (Å²) in [7, 11) is 2.04. The maximum Gasteiger partial charge on any atom is 0.189 e. The fourth-order valence-electron chi connectivity index (χ4n) is 3.94. The van der Waals surface area contributed by atoms with E-state index in [1.165, 1.54) is 0 Å². The average molecular weight is 344 g/mol. The first kappa shape index (κ1) is 18.1. The predicted molar refractivity (Wildman–Crippen MR) is 99.9 cm³/mol. The molecule has 136 valence electrons. The van der Waals surface area contributed by atoms with Crippen LogP contribution in [0.3, 0.4) is 0 Å². The highest BCUT2D eigenvalue weighted by Crippen LogP contribution is 2.31. The second-order valence-corrected chi connectivity index (χ2v) is 7.61. The van der Waals surface area contributed by atoms with Crippen molar-refractivity contribution in [2.45, 2.75) is 33.2 Å². The van der Waals surface area contributed by atoms with Gasteiger partial charge in [0.05, 0.1) is 12.1 Å². The number of nitrogens with one attached hydrogen (secondary N) is 1. The van der Waals surface area contributed by atoms with Gasteiger partial charge in [0, 0.05) is 48.9 Å². The Hall–Kier alpha value is -1.69. The highest BCUT2D eigenvalue weighted by atomic mass is 16.5. The minimum Gasteiger partial charge on any atom is -0.396 e. The molecule has 0 spiro atoms. The molecule has 2 heterocycles. The fraction of sp³-hybridized carbons (Fsp3) is 0.550. The predicted octanol–water partition coefficient (Wildman–Crippen LogP) is 2.37. The number of aliphatic hydroxyl groups excluding tert-OH is 1. The third-order valence-electron chi connectivity index (χ3n) is 5.27. The largest absolute Gasteiger partial charge is 0.396 e. The van der Waals surface area contributed by atoms with Gasteiger partial charge in [0.15, 0.2) is 5.43 Å². The summed E-state index contributed by atoms with van der Waals surface area (Å²) < 4.78 is 5.44. The molecule has 1 aromatic carbocycles. The number of hydrogen-bond acceptors (Lipinski definition) is 4. The van der Waals surface area contributed by atoms with E-state index >= 15 is 0 Å². The maximum atomic E-state index is 12.5. The number of pyridine rings is 1. The molecule has 0 aliphatic carbocycles. The zero-order valence-corrected chi connectivity index (χ0v) is 15.4. The summed E-state index contributed by atoms with van der Waals surface area (Å²) >= 11 is 0. The van der Waals surface area contributed by atoms with Gasteiger partial charge in [-0.2, -0.15) is 0 Å². The third-order valence-corrected chi connectivity index (χ3v) is 5.27. The third kappa shape index (κ3) is 3.94. The Bertz CT molecular complexity index is 806. The van der Waals surface area contributed by atoms with Crippen LogP contribution in [0, 0.1) is 19.3 Å². The molecule has 1 aliphatic heterocycles. The van der Waals surface area contributed by atoms with Gasteiger partial charge in [-0.3, -0.25) is 9.69 Å². The SMILES string of the molecule is Cc1cc(C)c2[nH]c(CN(C)CC3(CO)CCOCC3)cc(=O)c2c1. The smallest absolute Gasteiger partial charge is 0.189 e. The Morgan fingerprint density at radius 3 is 2.64 bits per heavy atom. The summed E-state index contributed by atoms with van der Waals surface area (Å²) in [4.78, 5) is 18.1. The van der Waals surface area contributed by atoms with Gasteiger partial charge < -0.3 is 14.8 Å². The van der Waals surface area contributed by atoms with Crippen LogP contribution < -0.4 is 5.43 Å². The van der Waals surface area contributed by atoms with E-state index < -0.39 is 0 Å². The minimum absolute atomic E-state index is 0.0619. The quantitative estimate of drug-likeness (QED) is 0.874. The summed E-state index contributed by atoms with van der Waals surface area (Å²) in [6.07, 6.45) is 1.75. The number of aromatic amines is 1. The Morgan fingerprint density at radius 1 is 1.24 bits per heavy atom. The molecule has 5 heteroatoms. The zero-order chi connectivity index (χ0) is 18.0. The molecule has 5 nitrogen and oxygen atoms in total. The summed E-state index contributed by atoms with van der Waals surface area (Å²) in [6.45, 7) is 7.07. The van der Waals surface area contributed by atoms with Crippen LogP contribution in [-0.4, -0.2) is 48.4 Å². The van der Waals surface area contributed by atoms with Crippen LogP contribution in [-0.2, 0) is 11.3 Å². The highest BCUT2D eigenvalue weighted by Gasteiger charge is 2.33. The number of aliphatic hydroxyl groups is 1. The van der Waals surface area contributed by atoms with Crippen molar-refractivity contribution in [3.63, 3.8) is 0 Å². The van der Waals surface area contributed by atoms with Gasteiger partial charge >= 0.3 is 0 Å². The molecule has 1 saturated heterocycles. The zero-order valence-electron chi connectivity index (χ0n) is 15.4. The second-order valence-electron chi connectivity index (χ2n) is 7.61. The van der Waals surface area contributed by atoms with E-state index in [1.54, 1.807) is 6.07 Å². The Morgan fingerprint density at radius 2 is 1.96 bits per heavy atom. The monoisotopic (exact) mass is 344 g/mol. The second kappa shape index (κ2) is 7.28. The lowest BCUT2D eigenvalue weighted by atomic mass is 9.80. The molecule has 3 rings (SSSR count). The number of aryl methyl sites for hydroxylation is 2. The molecule has 1 fully saturated rings. The molecule has 25 heavy (non-hydrogen) atoms. The molecule has 0 unspecified atom stereocenters. The number of aromatic nitrogens is 1. The number of ether oxygens (including phenoxy) is 1. The molecule has 2 aromatic rings. The first-order chi connectivity index (χ1) is 11.9. The van der Waals surface area contributed by atoms with E-state index in [0.717, 1.165) is 47.1 Å². The van der Waals surface area contributed by atoms with Crippen LogP contribution in [0.5, 0.6) is 0 Å². The molecular weight excluding hydrogens is 316 g/mol. The number of fused-ring (bicyclic) bond motifs is 1. The molecule has 1 aromatic heterocycles. The van der Waals surface area contributed by atoms with Crippen molar-refractivity contribution in [2.24, 2.45) is 5.41 Å². The maximum absolute atomic E-state index is 12.5. The highest BCUT2D eigenvalue weighted by molar-refractivity contribution is 5.82. The van der Waals surface area contributed by atoms with Gasteiger partial charge in [-0.25, -0.2) is 0 Å². The topological polar surface area (TPSA) is 65.6 Å². The summed E-state index contributed by atoms with van der Waals surface area (Å²) in [6, 6.07) is 5.74. The normalized spacial score (nSPS) is 17.3. The average Bonchev–Trinajstić information content (AvgIpc) is 2.57. The first-order valence-electron chi connectivity index (χ1n) is 8.93. The number of nitrogens with zero attached hydrogens (tertiary/aromatic N) is 1. The van der Waals surface area contributed by atoms with E-state index in [2.05, 4.69) is 16.0 Å².